The first kappa shape index (κ1) is 19.9. The van der Waals surface area contributed by atoms with Crippen molar-refractivity contribution >= 4 is 45.5 Å². The van der Waals surface area contributed by atoms with Crippen LogP contribution in [0.2, 0.25) is 0 Å². The van der Waals surface area contributed by atoms with E-state index in [9.17, 15) is 9.59 Å². The van der Waals surface area contributed by atoms with E-state index in [1.54, 1.807) is 24.3 Å². The molecule has 0 radical (unpaired) electrons. The molecule has 0 unspecified atom stereocenters. The monoisotopic (exact) mass is 391 g/mol. The molecule has 0 spiro atoms. The molecule has 0 aliphatic carbocycles. The number of thiophene rings is 1. The molecule has 1 aromatic carbocycles. The molecule has 8 heteroatoms. The van der Waals surface area contributed by atoms with Crippen molar-refractivity contribution in [1.82, 2.24) is 5.32 Å². The molecular weight excluding hydrogens is 370 g/mol. The lowest BCUT2D eigenvalue weighted by molar-refractivity contribution is 0.0975. The molecular formula is C18H21N3O3S2. The van der Waals surface area contributed by atoms with Crippen LogP contribution in [0, 0.1) is 13.8 Å². The van der Waals surface area contributed by atoms with Crippen LogP contribution in [-0.4, -0.2) is 23.5 Å². The number of ether oxygens (including phenoxy) is 1. The maximum atomic E-state index is 12.3. The van der Waals surface area contributed by atoms with Gasteiger partial charge >= 0.3 is 0 Å². The highest BCUT2D eigenvalue weighted by Gasteiger charge is 2.18. The zero-order chi connectivity index (χ0) is 19.3. The zero-order valence-corrected chi connectivity index (χ0v) is 16.5. The van der Waals surface area contributed by atoms with Gasteiger partial charge in [-0.1, -0.05) is 6.92 Å². The maximum Gasteiger partial charge on any atom is 0.257 e. The normalized spacial score (nSPS) is 10.3. The van der Waals surface area contributed by atoms with Crippen molar-refractivity contribution in [2.75, 3.05) is 11.9 Å². The molecule has 138 valence electrons. The Kier molecular flexibility index (Phi) is 6.70. The minimum atomic E-state index is -0.536. The largest absolute Gasteiger partial charge is 0.494 e. The highest BCUT2D eigenvalue weighted by molar-refractivity contribution is 7.80. The first-order chi connectivity index (χ1) is 12.3. The number of nitrogens with two attached hydrogens (primary N) is 1. The SMILES string of the molecule is CCCOc1ccc(C(=O)NC(=S)Nc2sc(C)c(C)c2C(N)=O)cc1. The van der Waals surface area contributed by atoms with Crippen LogP contribution in [0.15, 0.2) is 24.3 Å². The third-order valence-electron chi connectivity index (χ3n) is 3.68. The third kappa shape index (κ3) is 4.80. The van der Waals surface area contributed by atoms with Crippen molar-refractivity contribution in [3.8, 4) is 5.75 Å². The van der Waals surface area contributed by atoms with Gasteiger partial charge in [-0.25, -0.2) is 0 Å². The lowest BCUT2D eigenvalue weighted by Gasteiger charge is -2.10. The predicted molar refractivity (Wildman–Crippen MR) is 108 cm³/mol. The second-order valence-corrected chi connectivity index (χ2v) is 7.27. The molecule has 0 aliphatic rings. The fraction of sp³-hybridized carbons (Fsp3) is 0.278. The second kappa shape index (κ2) is 8.77. The Bertz CT molecular complexity index is 829. The average Bonchev–Trinajstić information content (AvgIpc) is 2.87. The lowest BCUT2D eigenvalue weighted by Crippen LogP contribution is -2.34. The van der Waals surface area contributed by atoms with E-state index in [4.69, 9.17) is 22.7 Å². The van der Waals surface area contributed by atoms with Crippen molar-refractivity contribution in [1.29, 1.82) is 0 Å². The molecule has 26 heavy (non-hydrogen) atoms. The minimum Gasteiger partial charge on any atom is -0.494 e. The summed E-state index contributed by atoms with van der Waals surface area (Å²) in [4.78, 5) is 24.9. The van der Waals surface area contributed by atoms with E-state index in [1.165, 1.54) is 11.3 Å². The Morgan fingerprint density at radius 3 is 2.46 bits per heavy atom. The van der Waals surface area contributed by atoms with Gasteiger partial charge in [-0.2, -0.15) is 0 Å². The topological polar surface area (TPSA) is 93.4 Å². The summed E-state index contributed by atoms with van der Waals surface area (Å²) in [5.41, 5.74) is 7.08. The fourth-order valence-corrected chi connectivity index (χ4v) is 3.57. The molecule has 4 N–H and O–H groups in total. The van der Waals surface area contributed by atoms with Gasteiger partial charge in [0.15, 0.2) is 5.11 Å². The van der Waals surface area contributed by atoms with Gasteiger partial charge in [0.1, 0.15) is 10.8 Å². The van der Waals surface area contributed by atoms with Crippen LogP contribution in [0.1, 0.15) is 44.5 Å². The molecule has 6 nitrogen and oxygen atoms in total. The van der Waals surface area contributed by atoms with Crippen molar-refractivity contribution in [2.24, 2.45) is 5.73 Å². The summed E-state index contributed by atoms with van der Waals surface area (Å²) in [7, 11) is 0. The average molecular weight is 392 g/mol. The number of carbonyl (C=O) groups excluding carboxylic acids is 2. The van der Waals surface area contributed by atoms with E-state index in [0.717, 1.165) is 16.9 Å². The Morgan fingerprint density at radius 1 is 1.23 bits per heavy atom. The first-order valence-electron chi connectivity index (χ1n) is 8.08. The predicted octanol–water partition coefficient (Wildman–Crippen LogP) is 3.38. The zero-order valence-electron chi connectivity index (χ0n) is 14.8. The number of primary amides is 1. The van der Waals surface area contributed by atoms with Gasteiger partial charge in [-0.15, -0.1) is 11.3 Å². The van der Waals surface area contributed by atoms with Crippen LogP contribution in [-0.2, 0) is 0 Å². The van der Waals surface area contributed by atoms with Crippen LogP contribution in [0.25, 0.3) is 0 Å². The van der Waals surface area contributed by atoms with E-state index >= 15 is 0 Å². The Labute approximate surface area is 161 Å². The van der Waals surface area contributed by atoms with Crippen molar-refractivity contribution in [2.45, 2.75) is 27.2 Å². The number of carbonyl (C=O) groups is 2. The smallest absolute Gasteiger partial charge is 0.257 e. The van der Waals surface area contributed by atoms with Crippen molar-refractivity contribution in [3.63, 3.8) is 0 Å². The molecule has 0 saturated heterocycles. The molecule has 0 atom stereocenters. The Hall–Kier alpha value is -2.45. The van der Waals surface area contributed by atoms with Gasteiger partial charge in [0.25, 0.3) is 11.8 Å². The van der Waals surface area contributed by atoms with Gasteiger partial charge in [-0.3, -0.25) is 14.9 Å². The van der Waals surface area contributed by atoms with E-state index in [1.807, 2.05) is 20.8 Å². The van der Waals surface area contributed by atoms with Crippen LogP contribution in [0.5, 0.6) is 5.75 Å². The summed E-state index contributed by atoms with van der Waals surface area (Å²) in [6.07, 6.45) is 0.914. The number of hydrogen-bond acceptors (Lipinski definition) is 5. The number of benzene rings is 1. The molecule has 0 aliphatic heterocycles. The van der Waals surface area contributed by atoms with Gasteiger partial charge < -0.3 is 15.8 Å². The van der Waals surface area contributed by atoms with E-state index in [-0.39, 0.29) is 11.0 Å². The highest BCUT2D eigenvalue weighted by atomic mass is 32.1. The number of hydrogen-bond donors (Lipinski definition) is 3. The van der Waals surface area contributed by atoms with E-state index in [0.29, 0.717) is 28.5 Å². The molecule has 1 aromatic heterocycles. The number of aryl methyl sites for hydroxylation is 1. The fourth-order valence-electron chi connectivity index (χ4n) is 2.24. The summed E-state index contributed by atoms with van der Waals surface area (Å²) < 4.78 is 5.49. The molecule has 0 fully saturated rings. The first-order valence-corrected chi connectivity index (χ1v) is 9.31. The van der Waals surface area contributed by atoms with Crippen LogP contribution < -0.4 is 21.1 Å². The number of rotatable bonds is 6. The van der Waals surface area contributed by atoms with Gasteiger partial charge in [0.05, 0.1) is 12.2 Å². The number of anilines is 1. The maximum absolute atomic E-state index is 12.3. The molecule has 1 heterocycles. The number of nitrogens with one attached hydrogen (secondary N) is 2. The molecule has 2 rings (SSSR count). The molecule has 2 amide bonds. The van der Waals surface area contributed by atoms with Gasteiger partial charge in [0, 0.05) is 10.4 Å². The van der Waals surface area contributed by atoms with Crippen LogP contribution >= 0.6 is 23.6 Å². The molecule has 2 aromatic rings. The van der Waals surface area contributed by atoms with Crippen LogP contribution in [0.3, 0.4) is 0 Å². The van der Waals surface area contributed by atoms with Crippen molar-refractivity contribution < 1.29 is 14.3 Å². The van der Waals surface area contributed by atoms with E-state index < -0.39 is 5.91 Å². The second-order valence-electron chi connectivity index (χ2n) is 5.63. The Balaban J connectivity index is 2.03. The van der Waals surface area contributed by atoms with Crippen LogP contribution in [0.4, 0.5) is 5.00 Å². The summed E-state index contributed by atoms with van der Waals surface area (Å²) in [5, 5.41) is 6.11. The number of amides is 2. The number of thiocarbonyl (C=S) groups is 1. The summed E-state index contributed by atoms with van der Waals surface area (Å²) >= 11 is 6.54. The Morgan fingerprint density at radius 2 is 1.88 bits per heavy atom. The minimum absolute atomic E-state index is 0.102. The third-order valence-corrected chi connectivity index (χ3v) is 5.00. The van der Waals surface area contributed by atoms with Gasteiger partial charge in [0.2, 0.25) is 0 Å². The standard InChI is InChI=1S/C18H21N3O3S2/c1-4-9-24-13-7-5-12(6-8-13)16(23)20-18(25)21-17-14(15(19)22)10(2)11(3)26-17/h5-8H,4,9H2,1-3H3,(H2,19,22)(H2,20,21,23,25). The van der Waals surface area contributed by atoms with E-state index in [2.05, 4.69) is 10.6 Å². The highest BCUT2D eigenvalue weighted by Crippen LogP contribution is 2.31. The summed E-state index contributed by atoms with van der Waals surface area (Å²) in [6.45, 7) is 6.36. The van der Waals surface area contributed by atoms with Crippen molar-refractivity contribution in [3.05, 3.63) is 45.8 Å². The molecule has 0 saturated carbocycles. The molecule has 0 bridgehead atoms. The van der Waals surface area contributed by atoms with Gasteiger partial charge in [-0.05, 0) is 62.3 Å². The summed E-state index contributed by atoms with van der Waals surface area (Å²) in [5.74, 6) is -0.180. The summed E-state index contributed by atoms with van der Waals surface area (Å²) in [6, 6.07) is 6.80. The lowest BCUT2D eigenvalue weighted by atomic mass is 10.1. The quantitative estimate of drug-likeness (QED) is 0.657.